The van der Waals surface area contributed by atoms with Gasteiger partial charge in [-0.25, -0.2) is 0 Å². The molecular formula is C14H26N4O3. The van der Waals surface area contributed by atoms with E-state index in [0.717, 1.165) is 6.54 Å². The van der Waals surface area contributed by atoms with Crippen LogP contribution in [-0.4, -0.2) is 72.2 Å². The maximum Gasteiger partial charge on any atom is 0.236 e. The topological polar surface area (TPSA) is 91.4 Å². The molecule has 120 valence electrons. The zero-order valence-electron chi connectivity index (χ0n) is 13.1. The SMILES string of the molecule is CN1CCN(C(=O)C2(C(N)=NO)CCOCC2)CC1(C)C. The van der Waals surface area contributed by atoms with Crippen molar-refractivity contribution in [3.8, 4) is 0 Å². The predicted molar refractivity (Wildman–Crippen MR) is 79.2 cm³/mol. The predicted octanol–water partition coefficient (Wildman–Crippen LogP) is 0.0822. The quantitative estimate of drug-likeness (QED) is 0.326. The molecule has 21 heavy (non-hydrogen) atoms. The third-order valence-corrected chi connectivity index (χ3v) is 4.96. The fourth-order valence-electron chi connectivity index (χ4n) is 3.11. The van der Waals surface area contributed by atoms with Gasteiger partial charge in [0.05, 0.1) is 0 Å². The largest absolute Gasteiger partial charge is 0.409 e. The molecule has 7 nitrogen and oxygen atoms in total. The highest BCUT2D eigenvalue weighted by Gasteiger charge is 2.48. The van der Waals surface area contributed by atoms with Gasteiger partial charge in [-0.05, 0) is 33.7 Å². The Labute approximate surface area is 125 Å². The van der Waals surface area contributed by atoms with Crippen molar-refractivity contribution in [3.05, 3.63) is 0 Å². The third kappa shape index (κ3) is 2.85. The molecule has 2 saturated heterocycles. The highest BCUT2D eigenvalue weighted by atomic mass is 16.5. The van der Waals surface area contributed by atoms with E-state index >= 15 is 0 Å². The van der Waals surface area contributed by atoms with Crippen LogP contribution in [0.15, 0.2) is 5.16 Å². The molecule has 0 aromatic rings. The lowest BCUT2D eigenvalue weighted by molar-refractivity contribution is -0.147. The van der Waals surface area contributed by atoms with Gasteiger partial charge in [0.1, 0.15) is 5.41 Å². The fourth-order valence-corrected chi connectivity index (χ4v) is 3.11. The molecule has 0 spiro atoms. The van der Waals surface area contributed by atoms with Crippen LogP contribution < -0.4 is 5.73 Å². The van der Waals surface area contributed by atoms with Crippen molar-refractivity contribution in [2.24, 2.45) is 16.3 Å². The molecule has 0 aromatic heterocycles. The minimum atomic E-state index is -0.918. The van der Waals surface area contributed by atoms with E-state index in [1.54, 1.807) is 0 Å². The molecule has 0 atom stereocenters. The molecule has 2 heterocycles. The van der Waals surface area contributed by atoms with Crippen LogP contribution in [0.5, 0.6) is 0 Å². The van der Waals surface area contributed by atoms with Crippen LogP contribution >= 0.6 is 0 Å². The summed E-state index contributed by atoms with van der Waals surface area (Å²) in [4.78, 5) is 17.1. The minimum Gasteiger partial charge on any atom is -0.409 e. The van der Waals surface area contributed by atoms with Crippen molar-refractivity contribution in [1.82, 2.24) is 9.80 Å². The Hall–Kier alpha value is -1.34. The van der Waals surface area contributed by atoms with Crippen LogP contribution in [0.4, 0.5) is 0 Å². The molecule has 2 aliphatic heterocycles. The summed E-state index contributed by atoms with van der Waals surface area (Å²) in [5, 5.41) is 12.2. The molecule has 0 aliphatic carbocycles. The summed E-state index contributed by atoms with van der Waals surface area (Å²) in [5.74, 6) is -0.0326. The van der Waals surface area contributed by atoms with Gasteiger partial charge in [-0.2, -0.15) is 0 Å². The number of amidine groups is 1. The Kier molecular flexibility index (Phi) is 4.43. The molecule has 3 N–H and O–H groups in total. The van der Waals surface area contributed by atoms with E-state index in [2.05, 4.69) is 31.0 Å². The first kappa shape index (κ1) is 16.0. The Morgan fingerprint density at radius 3 is 2.43 bits per heavy atom. The van der Waals surface area contributed by atoms with Crippen LogP contribution in [-0.2, 0) is 9.53 Å². The van der Waals surface area contributed by atoms with E-state index in [1.807, 2.05) is 4.90 Å². The molecule has 2 aliphatic rings. The number of ether oxygens (including phenoxy) is 1. The summed E-state index contributed by atoms with van der Waals surface area (Å²) in [6, 6.07) is 0. The Balaban J connectivity index is 2.23. The molecule has 0 unspecified atom stereocenters. The molecule has 2 rings (SSSR count). The zero-order valence-corrected chi connectivity index (χ0v) is 13.1. The standard InChI is InChI=1S/C14H26N4O3/c1-13(2)10-18(7-6-17(13)3)12(19)14(11(15)16-20)4-8-21-9-5-14/h20H,4-10H2,1-3H3,(H2,15,16). The highest BCUT2D eigenvalue weighted by molar-refractivity contribution is 6.06. The Bertz CT molecular complexity index is 430. The van der Waals surface area contributed by atoms with Gasteiger partial charge in [0, 0.05) is 38.4 Å². The second-order valence-electron chi connectivity index (χ2n) is 6.64. The molecule has 1 amide bonds. The molecule has 0 bridgehead atoms. The highest BCUT2D eigenvalue weighted by Crippen LogP contribution is 2.34. The lowest BCUT2D eigenvalue weighted by Crippen LogP contribution is -2.63. The van der Waals surface area contributed by atoms with Crippen LogP contribution in [0, 0.1) is 5.41 Å². The van der Waals surface area contributed by atoms with Gasteiger partial charge in [0.25, 0.3) is 0 Å². The first-order chi connectivity index (χ1) is 9.83. The van der Waals surface area contributed by atoms with Crippen molar-refractivity contribution >= 4 is 11.7 Å². The van der Waals surface area contributed by atoms with Crippen molar-refractivity contribution in [3.63, 3.8) is 0 Å². The van der Waals surface area contributed by atoms with Crippen molar-refractivity contribution in [2.45, 2.75) is 32.2 Å². The Morgan fingerprint density at radius 1 is 1.29 bits per heavy atom. The second-order valence-corrected chi connectivity index (χ2v) is 6.64. The number of nitrogens with zero attached hydrogens (tertiary/aromatic N) is 3. The van der Waals surface area contributed by atoms with Gasteiger partial charge in [0.15, 0.2) is 5.84 Å². The normalized spacial score (nSPS) is 26.6. The number of hydrogen-bond donors (Lipinski definition) is 2. The number of nitrogens with two attached hydrogens (primary N) is 1. The monoisotopic (exact) mass is 298 g/mol. The molecule has 0 radical (unpaired) electrons. The van der Waals surface area contributed by atoms with E-state index in [0.29, 0.717) is 39.1 Å². The van der Waals surface area contributed by atoms with Gasteiger partial charge in [0.2, 0.25) is 5.91 Å². The van der Waals surface area contributed by atoms with Gasteiger partial charge < -0.3 is 20.6 Å². The van der Waals surface area contributed by atoms with E-state index in [4.69, 9.17) is 15.7 Å². The van der Waals surface area contributed by atoms with E-state index in [9.17, 15) is 4.79 Å². The minimum absolute atomic E-state index is 0.00698. The smallest absolute Gasteiger partial charge is 0.236 e. The molecule has 0 saturated carbocycles. The summed E-state index contributed by atoms with van der Waals surface area (Å²) in [6.07, 6.45) is 0.934. The van der Waals surface area contributed by atoms with Gasteiger partial charge in [-0.15, -0.1) is 0 Å². The molecular weight excluding hydrogens is 272 g/mol. The van der Waals surface area contributed by atoms with Crippen molar-refractivity contribution < 1.29 is 14.7 Å². The van der Waals surface area contributed by atoms with Crippen LogP contribution in [0.25, 0.3) is 0 Å². The first-order valence-corrected chi connectivity index (χ1v) is 7.40. The lowest BCUT2D eigenvalue weighted by Gasteiger charge is -2.48. The summed E-state index contributed by atoms with van der Waals surface area (Å²) < 4.78 is 5.34. The number of carbonyl (C=O) groups is 1. The number of amides is 1. The number of hydrogen-bond acceptors (Lipinski definition) is 5. The van der Waals surface area contributed by atoms with Crippen LogP contribution in [0.3, 0.4) is 0 Å². The zero-order chi connectivity index (χ0) is 15.7. The average molecular weight is 298 g/mol. The van der Waals surface area contributed by atoms with Gasteiger partial charge in [-0.3, -0.25) is 9.69 Å². The van der Waals surface area contributed by atoms with E-state index in [-0.39, 0.29) is 17.3 Å². The van der Waals surface area contributed by atoms with E-state index < -0.39 is 5.41 Å². The lowest BCUT2D eigenvalue weighted by atomic mass is 9.77. The summed E-state index contributed by atoms with van der Waals surface area (Å²) >= 11 is 0. The number of oxime groups is 1. The Morgan fingerprint density at radius 2 is 1.90 bits per heavy atom. The number of carbonyl (C=O) groups excluding carboxylic acids is 1. The number of piperazine rings is 1. The maximum absolute atomic E-state index is 13.0. The summed E-state index contributed by atoms with van der Waals surface area (Å²) in [7, 11) is 2.07. The summed E-state index contributed by atoms with van der Waals surface area (Å²) in [5.41, 5.74) is 4.88. The van der Waals surface area contributed by atoms with Crippen LogP contribution in [0.2, 0.25) is 0 Å². The number of rotatable bonds is 2. The van der Waals surface area contributed by atoms with Crippen LogP contribution in [0.1, 0.15) is 26.7 Å². The molecule has 2 fully saturated rings. The molecule has 7 heteroatoms. The average Bonchev–Trinajstić information content (AvgIpc) is 2.49. The number of likely N-dealkylation sites (N-methyl/N-ethyl adjacent to an activating group) is 1. The maximum atomic E-state index is 13.0. The second kappa shape index (κ2) is 5.81. The fraction of sp³-hybridized carbons (Fsp3) is 0.857. The third-order valence-electron chi connectivity index (χ3n) is 4.96. The first-order valence-electron chi connectivity index (χ1n) is 7.40. The molecule has 0 aromatic carbocycles. The summed E-state index contributed by atoms with van der Waals surface area (Å²) in [6.45, 7) is 7.28. The van der Waals surface area contributed by atoms with Crippen molar-refractivity contribution in [2.75, 3.05) is 39.9 Å². The van der Waals surface area contributed by atoms with Gasteiger partial charge >= 0.3 is 0 Å². The van der Waals surface area contributed by atoms with E-state index in [1.165, 1.54) is 0 Å². The van der Waals surface area contributed by atoms with Crippen molar-refractivity contribution in [1.29, 1.82) is 0 Å². The van der Waals surface area contributed by atoms with Gasteiger partial charge in [-0.1, -0.05) is 5.16 Å².